The van der Waals surface area contributed by atoms with Crippen LogP contribution in [0.15, 0.2) is 42.5 Å². The first-order chi connectivity index (χ1) is 13.5. The highest BCUT2D eigenvalue weighted by atomic mass is 16.5. The van der Waals surface area contributed by atoms with Crippen LogP contribution >= 0.6 is 0 Å². The van der Waals surface area contributed by atoms with Crippen LogP contribution in [0, 0.1) is 0 Å². The van der Waals surface area contributed by atoms with Crippen molar-refractivity contribution < 1.29 is 19.1 Å². The molecule has 0 aliphatic heterocycles. The van der Waals surface area contributed by atoms with Crippen LogP contribution in [0.5, 0.6) is 11.5 Å². The number of amides is 2. The van der Waals surface area contributed by atoms with E-state index in [-0.39, 0.29) is 11.8 Å². The van der Waals surface area contributed by atoms with Gasteiger partial charge in [-0.1, -0.05) is 18.2 Å². The van der Waals surface area contributed by atoms with Gasteiger partial charge in [-0.15, -0.1) is 0 Å². The number of anilines is 1. The lowest BCUT2D eigenvalue weighted by Crippen LogP contribution is -2.33. The molecule has 0 saturated carbocycles. The van der Waals surface area contributed by atoms with Crippen molar-refractivity contribution in [3.8, 4) is 11.5 Å². The van der Waals surface area contributed by atoms with Gasteiger partial charge in [0.05, 0.1) is 14.2 Å². The van der Waals surface area contributed by atoms with Crippen molar-refractivity contribution in [3.05, 3.63) is 53.6 Å². The van der Waals surface area contributed by atoms with Gasteiger partial charge < -0.3 is 25.4 Å². The van der Waals surface area contributed by atoms with Crippen molar-refractivity contribution in [1.82, 2.24) is 4.90 Å². The minimum absolute atomic E-state index is 0.146. The zero-order chi connectivity index (χ0) is 20.5. The van der Waals surface area contributed by atoms with Gasteiger partial charge in [-0.3, -0.25) is 9.59 Å². The van der Waals surface area contributed by atoms with Crippen molar-refractivity contribution in [2.45, 2.75) is 19.9 Å². The van der Waals surface area contributed by atoms with Crippen molar-refractivity contribution >= 4 is 17.5 Å². The lowest BCUT2D eigenvalue weighted by Gasteiger charge is -2.24. The fourth-order valence-electron chi connectivity index (χ4n) is 2.86. The van der Waals surface area contributed by atoms with Crippen LogP contribution in [-0.2, 0) is 11.3 Å². The molecule has 0 atom stereocenters. The predicted octanol–water partition coefficient (Wildman–Crippen LogP) is 2.65. The van der Waals surface area contributed by atoms with Crippen molar-refractivity contribution in [1.29, 1.82) is 0 Å². The third kappa shape index (κ3) is 5.47. The van der Waals surface area contributed by atoms with Crippen LogP contribution in [0.2, 0.25) is 0 Å². The molecule has 0 saturated heterocycles. The van der Waals surface area contributed by atoms with E-state index in [2.05, 4.69) is 5.32 Å². The molecule has 0 aromatic heterocycles. The van der Waals surface area contributed by atoms with Gasteiger partial charge in [0.1, 0.15) is 0 Å². The van der Waals surface area contributed by atoms with Crippen LogP contribution in [0.3, 0.4) is 0 Å². The Kier molecular flexibility index (Phi) is 7.83. The quantitative estimate of drug-likeness (QED) is 0.692. The number of para-hydroxylation sites is 1. The first-order valence-electron chi connectivity index (χ1n) is 9.07. The van der Waals surface area contributed by atoms with E-state index < -0.39 is 0 Å². The summed E-state index contributed by atoms with van der Waals surface area (Å²) in [5.74, 6) is 0.744. The van der Waals surface area contributed by atoms with Crippen LogP contribution in [0.1, 0.15) is 29.3 Å². The van der Waals surface area contributed by atoms with E-state index in [1.54, 1.807) is 30.2 Å². The van der Waals surface area contributed by atoms with E-state index in [9.17, 15) is 9.59 Å². The maximum absolute atomic E-state index is 13.2. The van der Waals surface area contributed by atoms with E-state index in [1.807, 2.05) is 24.3 Å². The second kappa shape index (κ2) is 10.3. The molecular weight excluding hydrogens is 358 g/mol. The summed E-state index contributed by atoms with van der Waals surface area (Å²) in [6, 6.07) is 12.5. The Bertz CT molecular complexity index is 823. The van der Waals surface area contributed by atoms with E-state index in [4.69, 9.17) is 15.2 Å². The first-order valence-corrected chi connectivity index (χ1v) is 9.07. The molecule has 0 aliphatic carbocycles. The van der Waals surface area contributed by atoms with Gasteiger partial charge in [0.2, 0.25) is 5.91 Å². The number of ether oxygens (including phenoxy) is 2. The molecule has 0 radical (unpaired) electrons. The third-order valence-corrected chi connectivity index (χ3v) is 4.24. The van der Waals surface area contributed by atoms with E-state index in [0.717, 1.165) is 5.56 Å². The van der Waals surface area contributed by atoms with Crippen LogP contribution in [-0.4, -0.2) is 44.0 Å². The van der Waals surface area contributed by atoms with Gasteiger partial charge in [0.15, 0.2) is 11.5 Å². The minimum atomic E-state index is -0.160. The fourth-order valence-corrected chi connectivity index (χ4v) is 2.86. The Morgan fingerprint density at radius 2 is 1.79 bits per heavy atom. The maximum atomic E-state index is 13.2. The molecule has 2 rings (SSSR count). The normalized spacial score (nSPS) is 10.3. The molecule has 2 aromatic carbocycles. The molecule has 0 bridgehead atoms. The van der Waals surface area contributed by atoms with Crippen LogP contribution in [0.25, 0.3) is 0 Å². The van der Waals surface area contributed by atoms with Gasteiger partial charge >= 0.3 is 0 Å². The lowest BCUT2D eigenvalue weighted by atomic mass is 10.1. The number of hydrogen-bond acceptors (Lipinski definition) is 5. The molecule has 0 aliphatic rings. The summed E-state index contributed by atoms with van der Waals surface area (Å²) in [5, 5.41) is 2.81. The number of nitrogens with two attached hydrogens (primary N) is 1. The second-order valence-corrected chi connectivity index (χ2v) is 6.28. The molecule has 7 nitrogen and oxygen atoms in total. The largest absolute Gasteiger partial charge is 0.493 e. The smallest absolute Gasteiger partial charge is 0.254 e. The monoisotopic (exact) mass is 385 g/mol. The number of rotatable bonds is 9. The van der Waals surface area contributed by atoms with Crippen LogP contribution in [0.4, 0.5) is 5.69 Å². The minimum Gasteiger partial charge on any atom is -0.493 e. The highest BCUT2D eigenvalue weighted by Crippen LogP contribution is 2.28. The fraction of sp³-hybridized carbons (Fsp3) is 0.333. The van der Waals surface area contributed by atoms with Crippen molar-refractivity contribution in [2.24, 2.45) is 5.73 Å². The first kappa shape index (κ1) is 21.2. The Morgan fingerprint density at radius 1 is 1.07 bits per heavy atom. The summed E-state index contributed by atoms with van der Waals surface area (Å²) in [7, 11) is 3.08. The summed E-state index contributed by atoms with van der Waals surface area (Å²) in [6.07, 6.45) is 0.668. The molecule has 7 heteroatoms. The number of nitrogens with zero attached hydrogens (tertiary/aromatic N) is 1. The molecule has 0 fully saturated rings. The number of hydrogen-bond donors (Lipinski definition) is 2. The maximum Gasteiger partial charge on any atom is 0.254 e. The van der Waals surface area contributed by atoms with Gasteiger partial charge in [0, 0.05) is 31.3 Å². The molecule has 0 unspecified atom stereocenters. The van der Waals surface area contributed by atoms with Gasteiger partial charge in [-0.2, -0.15) is 0 Å². The molecule has 28 heavy (non-hydrogen) atoms. The van der Waals surface area contributed by atoms with E-state index in [0.29, 0.717) is 48.8 Å². The van der Waals surface area contributed by atoms with E-state index >= 15 is 0 Å². The molecule has 2 aromatic rings. The van der Waals surface area contributed by atoms with Gasteiger partial charge in [0.25, 0.3) is 5.91 Å². The standard InChI is InChI=1S/C21H27N3O4/c1-15(25)23-18-8-5-4-7-17(18)14-24(12-6-11-22)21(26)16-9-10-19(27-2)20(13-16)28-3/h4-5,7-10,13H,6,11-12,14,22H2,1-3H3,(H,23,25). The molecule has 0 heterocycles. The molecule has 2 amide bonds. The SMILES string of the molecule is COc1ccc(C(=O)N(CCCN)Cc2ccccc2NC(C)=O)cc1OC. The van der Waals surface area contributed by atoms with Gasteiger partial charge in [-0.05, 0) is 42.8 Å². The average molecular weight is 385 g/mol. The number of carbonyl (C=O) groups is 2. The van der Waals surface area contributed by atoms with Crippen LogP contribution < -0.4 is 20.5 Å². The average Bonchev–Trinajstić information content (AvgIpc) is 2.70. The summed E-state index contributed by atoms with van der Waals surface area (Å²) in [5.41, 5.74) is 7.69. The summed E-state index contributed by atoms with van der Waals surface area (Å²) in [6.45, 7) is 2.78. The highest BCUT2D eigenvalue weighted by molar-refractivity contribution is 5.95. The van der Waals surface area contributed by atoms with E-state index in [1.165, 1.54) is 14.0 Å². The Hall–Kier alpha value is -3.06. The number of nitrogens with one attached hydrogen (secondary N) is 1. The summed E-state index contributed by atoms with van der Waals surface area (Å²) >= 11 is 0. The zero-order valence-electron chi connectivity index (χ0n) is 16.5. The third-order valence-electron chi connectivity index (χ3n) is 4.24. The Labute approximate surface area is 165 Å². The zero-order valence-corrected chi connectivity index (χ0v) is 16.5. The highest BCUT2D eigenvalue weighted by Gasteiger charge is 2.19. The summed E-state index contributed by atoms with van der Waals surface area (Å²) in [4.78, 5) is 26.4. The summed E-state index contributed by atoms with van der Waals surface area (Å²) < 4.78 is 10.5. The van der Waals surface area contributed by atoms with Crippen molar-refractivity contribution in [2.75, 3.05) is 32.6 Å². The Morgan fingerprint density at radius 3 is 2.43 bits per heavy atom. The molecular formula is C21H27N3O4. The number of methoxy groups -OCH3 is 2. The number of carbonyl (C=O) groups excluding carboxylic acids is 2. The number of benzene rings is 2. The molecule has 0 spiro atoms. The Balaban J connectivity index is 2.31. The molecule has 150 valence electrons. The lowest BCUT2D eigenvalue weighted by molar-refractivity contribution is -0.114. The van der Waals surface area contributed by atoms with Crippen molar-refractivity contribution in [3.63, 3.8) is 0 Å². The van der Waals surface area contributed by atoms with Gasteiger partial charge in [-0.25, -0.2) is 0 Å². The molecule has 3 N–H and O–H groups in total. The predicted molar refractivity (Wildman–Crippen MR) is 109 cm³/mol. The topological polar surface area (TPSA) is 93.9 Å². The second-order valence-electron chi connectivity index (χ2n) is 6.28.